The van der Waals surface area contributed by atoms with Crippen molar-refractivity contribution in [3.8, 4) is 0 Å². The zero-order valence-electron chi connectivity index (χ0n) is 23.4. The summed E-state index contributed by atoms with van der Waals surface area (Å²) in [5.41, 5.74) is 4.85. The quantitative estimate of drug-likeness (QED) is 0.0990. The van der Waals surface area contributed by atoms with Crippen LogP contribution in [0, 0.1) is 0 Å². The number of anilines is 1. The Balaban J connectivity index is 1.73. The number of benzene rings is 2. The van der Waals surface area contributed by atoms with Crippen molar-refractivity contribution in [2.75, 3.05) is 5.32 Å². The first-order chi connectivity index (χ1) is 18.5. The average molecular weight is 521 g/mol. The fourth-order valence-corrected chi connectivity index (χ4v) is 4.78. The number of unbranched alkanes of at least 4 members (excludes halogenated alkanes) is 14. The minimum Gasteiger partial charge on any atom is -0.324 e. The molecule has 0 fully saturated rings. The number of Topliss-reactive ketones (excluding diaryl/α,β-unsaturated/α-hetero) is 2. The van der Waals surface area contributed by atoms with E-state index in [2.05, 4.69) is 12.2 Å². The molecule has 0 aliphatic heterocycles. The Labute approximate surface area is 230 Å². The normalized spacial score (nSPS) is 12.6. The van der Waals surface area contributed by atoms with Gasteiger partial charge in [-0.1, -0.05) is 145 Å². The molecule has 0 radical (unpaired) electrons. The molecule has 2 aromatic rings. The van der Waals surface area contributed by atoms with E-state index >= 15 is 0 Å². The topological polar surface area (TPSA) is 89.3 Å². The lowest BCUT2D eigenvalue weighted by atomic mass is 9.83. The van der Waals surface area contributed by atoms with Crippen molar-refractivity contribution in [3.63, 3.8) is 0 Å². The Hall–Kier alpha value is -2.79. The van der Waals surface area contributed by atoms with Gasteiger partial charge in [0.2, 0.25) is 5.54 Å². The van der Waals surface area contributed by atoms with Crippen LogP contribution in [0.4, 0.5) is 5.69 Å². The summed E-state index contributed by atoms with van der Waals surface area (Å²) in [6, 6.07) is 17.1. The zero-order valence-corrected chi connectivity index (χ0v) is 23.4. The van der Waals surface area contributed by atoms with Crippen LogP contribution in [0.3, 0.4) is 0 Å². The molecule has 0 aromatic heterocycles. The Morgan fingerprint density at radius 2 is 1.05 bits per heavy atom. The van der Waals surface area contributed by atoms with Crippen molar-refractivity contribution >= 4 is 23.2 Å². The zero-order chi connectivity index (χ0) is 27.5. The smallest absolute Gasteiger partial charge is 0.260 e. The number of carbonyl (C=O) groups excluding carboxylic acids is 3. The van der Waals surface area contributed by atoms with Crippen molar-refractivity contribution in [1.29, 1.82) is 0 Å². The molecule has 1 unspecified atom stereocenters. The van der Waals surface area contributed by atoms with E-state index in [0.717, 1.165) is 19.3 Å². The molecular formula is C33H48N2O3. The summed E-state index contributed by atoms with van der Waals surface area (Å²) in [4.78, 5) is 39.7. The van der Waals surface area contributed by atoms with Crippen LogP contribution in [0.1, 0.15) is 120 Å². The van der Waals surface area contributed by atoms with Crippen LogP contribution in [-0.4, -0.2) is 23.0 Å². The standard InChI is InChI=1S/C33H48N2O3/c1-2-3-4-5-6-7-8-9-10-11-12-13-14-15-22-27-30(36)33(34,31(37)28-23-18-16-19-24-28)32(38)35-29-25-20-17-21-26-29/h16-21,23-26H,2-15,22,27,34H2,1H3,(H,35,38). The Morgan fingerprint density at radius 1 is 0.632 bits per heavy atom. The van der Waals surface area contributed by atoms with E-state index in [9.17, 15) is 14.4 Å². The maximum Gasteiger partial charge on any atom is 0.260 e. The molecule has 3 N–H and O–H groups in total. The fraction of sp³-hybridized carbons (Fsp3) is 0.545. The highest BCUT2D eigenvalue weighted by Gasteiger charge is 2.48. The van der Waals surface area contributed by atoms with Crippen LogP contribution >= 0.6 is 0 Å². The van der Waals surface area contributed by atoms with Crippen molar-refractivity contribution < 1.29 is 14.4 Å². The van der Waals surface area contributed by atoms with Gasteiger partial charge in [0.05, 0.1) is 0 Å². The largest absolute Gasteiger partial charge is 0.324 e. The highest BCUT2D eigenvalue weighted by Crippen LogP contribution is 2.20. The lowest BCUT2D eigenvalue weighted by Gasteiger charge is -2.25. The summed E-state index contributed by atoms with van der Waals surface area (Å²) in [5, 5.41) is 2.66. The summed E-state index contributed by atoms with van der Waals surface area (Å²) >= 11 is 0. The minimum absolute atomic E-state index is 0.107. The molecule has 0 aliphatic carbocycles. The molecule has 1 atom stereocenters. The van der Waals surface area contributed by atoms with E-state index in [1.54, 1.807) is 54.6 Å². The first kappa shape index (κ1) is 31.4. The van der Waals surface area contributed by atoms with E-state index < -0.39 is 23.0 Å². The van der Waals surface area contributed by atoms with E-state index in [1.165, 1.54) is 70.6 Å². The van der Waals surface area contributed by atoms with Gasteiger partial charge in [-0.3, -0.25) is 14.4 Å². The number of ketones is 2. The number of carbonyl (C=O) groups is 3. The summed E-state index contributed by atoms with van der Waals surface area (Å²) in [7, 11) is 0. The molecule has 208 valence electrons. The highest BCUT2D eigenvalue weighted by molar-refractivity contribution is 6.35. The first-order valence-corrected chi connectivity index (χ1v) is 14.8. The number of nitrogens with one attached hydrogen (secondary N) is 1. The molecule has 0 bridgehead atoms. The molecule has 0 aliphatic rings. The van der Waals surface area contributed by atoms with Gasteiger partial charge in [0.1, 0.15) is 0 Å². The van der Waals surface area contributed by atoms with E-state index in [1.807, 2.05) is 6.07 Å². The molecule has 2 aromatic carbocycles. The summed E-state index contributed by atoms with van der Waals surface area (Å²) < 4.78 is 0. The minimum atomic E-state index is -2.26. The van der Waals surface area contributed by atoms with Gasteiger partial charge in [-0.2, -0.15) is 0 Å². The van der Waals surface area contributed by atoms with Gasteiger partial charge < -0.3 is 11.1 Å². The van der Waals surface area contributed by atoms with Gasteiger partial charge in [0, 0.05) is 17.7 Å². The van der Waals surface area contributed by atoms with Crippen molar-refractivity contribution in [2.24, 2.45) is 5.73 Å². The maximum atomic E-state index is 13.3. The van der Waals surface area contributed by atoms with Gasteiger partial charge in [-0.05, 0) is 18.6 Å². The summed E-state index contributed by atoms with van der Waals surface area (Å²) in [6.07, 6.45) is 18.5. The van der Waals surface area contributed by atoms with Crippen LogP contribution in [0.25, 0.3) is 0 Å². The maximum absolute atomic E-state index is 13.3. The van der Waals surface area contributed by atoms with E-state index in [0.29, 0.717) is 12.1 Å². The Bertz CT molecular complexity index is 945. The second kappa shape index (κ2) is 18.5. The van der Waals surface area contributed by atoms with Crippen LogP contribution in [0.2, 0.25) is 0 Å². The predicted octanol–water partition coefficient (Wildman–Crippen LogP) is 8.04. The molecule has 5 nitrogen and oxygen atoms in total. The van der Waals surface area contributed by atoms with Crippen molar-refractivity contribution in [2.45, 2.75) is 115 Å². The molecule has 5 heteroatoms. The van der Waals surface area contributed by atoms with Gasteiger partial charge in [-0.25, -0.2) is 0 Å². The number of hydrogen-bond donors (Lipinski definition) is 2. The molecule has 0 saturated heterocycles. The molecule has 38 heavy (non-hydrogen) atoms. The van der Waals surface area contributed by atoms with Crippen LogP contribution in [0.15, 0.2) is 60.7 Å². The highest BCUT2D eigenvalue weighted by atomic mass is 16.2. The van der Waals surface area contributed by atoms with Crippen molar-refractivity contribution in [3.05, 3.63) is 66.2 Å². The number of nitrogens with two attached hydrogens (primary N) is 1. The van der Waals surface area contributed by atoms with Gasteiger partial charge in [0.15, 0.2) is 11.6 Å². The van der Waals surface area contributed by atoms with E-state index in [-0.39, 0.29) is 12.0 Å². The molecule has 0 saturated carbocycles. The monoisotopic (exact) mass is 520 g/mol. The van der Waals surface area contributed by atoms with Crippen LogP contribution < -0.4 is 11.1 Å². The fourth-order valence-electron chi connectivity index (χ4n) is 4.78. The lowest BCUT2D eigenvalue weighted by molar-refractivity contribution is -0.130. The summed E-state index contributed by atoms with van der Waals surface area (Å²) in [5.74, 6) is -1.99. The molecule has 0 heterocycles. The van der Waals surface area contributed by atoms with Gasteiger partial charge in [0.25, 0.3) is 5.91 Å². The molecular weight excluding hydrogens is 472 g/mol. The number of rotatable bonds is 21. The third kappa shape index (κ3) is 10.9. The van der Waals surface area contributed by atoms with Crippen LogP contribution in [-0.2, 0) is 9.59 Å². The number of para-hydroxylation sites is 1. The summed E-state index contributed by atoms with van der Waals surface area (Å²) in [6.45, 7) is 2.26. The SMILES string of the molecule is CCCCCCCCCCCCCCCCCC(=O)C(N)(C(=O)Nc1ccccc1)C(=O)c1ccccc1. The predicted molar refractivity (Wildman–Crippen MR) is 157 cm³/mol. The third-order valence-electron chi connectivity index (χ3n) is 7.23. The Kier molecular flexibility index (Phi) is 15.3. The molecule has 1 amide bonds. The first-order valence-electron chi connectivity index (χ1n) is 14.8. The lowest BCUT2D eigenvalue weighted by Crippen LogP contribution is -2.63. The number of hydrogen-bond acceptors (Lipinski definition) is 4. The second-order valence-corrected chi connectivity index (χ2v) is 10.4. The third-order valence-corrected chi connectivity index (χ3v) is 7.23. The molecule has 0 spiro atoms. The van der Waals surface area contributed by atoms with Gasteiger partial charge >= 0.3 is 0 Å². The average Bonchev–Trinajstić information content (AvgIpc) is 2.95. The van der Waals surface area contributed by atoms with Crippen molar-refractivity contribution in [1.82, 2.24) is 0 Å². The number of amides is 1. The van der Waals surface area contributed by atoms with Crippen LogP contribution in [0.5, 0.6) is 0 Å². The van der Waals surface area contributed by atoms with Gasteiger partial charge in [-0.15, -0.1) is 0 Å². The second-order valence-electron chi connectivity index (χ2n) is 10.4. The molecule has 2 rings (SSSR count). The Morgan fingerprint density at radius 3 is 1.53 bits per heavy atom. The van der Waals surface area contributed by atoms with E-state index in [4.69, 9.17) is 5.73 Å².